The highest BCUT2D eigenvalue weighted by atomic mass is 16.3. The van der Waals surface area contributed by atoms with Gasteiger partial charge in [-0.15, -0.1) is 0 Å². The highest BCUT2D eigenvalue weighted by Crippen LogP contribution is 2.32. The minimum absolute atomic E-state index is 0.0411. The number of carbonyl (C=O) groups excluding carboxylic acids is 1. The molecule has 0 radical (unpaired) electrons. The summed E-state index contributed by atoms with van der Waals surface area (Å²) in [6, 6.07) is 6.45. The third kappa shape index (κ3) is 2.74. The van der Waals surface area contributed by atoms with Crippen LogP contribution in [0.2, 0.25) is 0 Å². The lowest BCUT2D eigenvalue weighted by Crippen LogP contribution is -2.90. The largest absolute Gasteiger partial charge is 0.472 e. The zero-order valence-corrected chi connectivity index (χ0v) is 12.5. The molecular weight excluding hydrogens is 266 g/mol. The molecule has 0 aromatic carbocycles. The lowest BCUT2D eigenvalue weighted by Gasteiger charge is -2.36. The summed E-state index contributed by atoms with van der Waals surface area (Å²) >= 11 is 0. The Kier molecular flexibility index (Phi) is 3.84. The van der Waals surface area contributed by atoms with Crippen LogP contribution in [0.4, 0.5) is 0 Å². The second kappa shape index (κ2) is 5.77. The van der Waals surface area contributed by atoms with Gasteiger partial charge in [0.15, 0.2) is 6.54 Å². The highest BCUT2D eigenvalue weighted by molar-refractivity contribution is 5.78. The van der Waals surface area contributed by atoms with Crippen LogP contribution in [-0.2, 0) is 11.3 Å². The number of fused-ring (bicyclic) bond motifs is 1. The van der Waals surface area contributed by atoms with Crippen molar-refractivity contribution in [1.29, 1.82) is 0 Å². The molecule has 1 atom stereocenters. The van der Waals surface area contributed by atoms with E-state index in [1.165, 1.54) is 0 Å². The van der Waals surface area contributed by atoms with E-state index < -0.39 is 0 Å². The Labute approximate surface area is 124 Å². The van der Waals surface area contributed by atoms with Crippen LogP contribution in [-0.4, -0.2) is 34.5 Å². The number of furan rings is 1. The van der Waals surface area contributed by atoms with Crippen molar-refractivity contribution in [2.75, 3.05) is 13.1 Å². The van der Waals surface area contributed by atoms with E-state index in [0.717, 1.165) is 24.3 Å². The molecule has 5 heteroatoms. The van der Waals surface area contributed by atoms with E-state index in [1.54, 1.807) is 12.5 Å². The molecule has 0 bridgehead atoms. The summed E-state index contributed by atoms with van der Waals surface area (Å²) < 4.78 is 7.45. The Morgan fingerprint density at radius 1 is 1.43 bits per heavy atom. The average Bonchev–Trinajstić information content (AvgIpc) is 3.14. The number of hydrogen-bond donors (Lipinski definition) is 1. The lowest BCUT2D eigenvalue weighted by atomic mass is 10.0. The maximum absolute atomic E-state index is 12.6. The topological polar surface area (TPSA) is 55.0 Å². The van der Waals surface area contributed by atoms with Gasteiger partial charge >= 0.3 is 0 Å². The molecule has 0 saturated carbocycles. The van der Waals surface area contributed by atoms with Crippen LogP contribution in [0.3, 0.4) is 0 Å². The fraction of sp³-hybridized carbons (Fsp3) is 0.438. The monoisotopic (exact) mass is 288 g/mol. The predicted molar refractivity (Wildman–Crippen MR) is 78.6 cm³/mol. The number of carbonyl (C=O) groups is 1. The first-order valence-corrected chi connectivity index (χ1v) is 7.46. The first kappa shape index (κ1) is 13.9. The summed E-state index contributed by atoms with van der Waals surface area (Å²) in [6.07, 6.45) is 5.48. The van der Waals surface area contributed by atoms with E-state index in [-0.39, 0.29) is 11.9 Å². The van der Waals surface area contributed by atoms with Crippen molar-refractivity contribution in [3.63, 3.8) is 0 Å². The number of nitrogens with two attached hydrogens (primary N) is 1. The van der Waals surface area contributed by atoms with E-state index in [0.29, 0.717) is 12.6 Å². The molecule has 112 valence electrons. The van der Waals surface area contributed by atoms with E-state index >= 15 is 0 Å². The van der Waals surface area contributed by atoms with Crippen LogP contribution < -0.4 is 5.32 Å². The van der Waals surface area contributed by atoms with Crippen molar-refractivity contribution < 1.29 is 14.5 Å². The minimum atomic E-state index is -0.0411. The lowest BCUT2D eigenvalue weighted by molar-refractivity contribution is -0.673. The SMILES string of the molecule is CC(C)[NH2+]CC(=O)N1CCn2cccc2[C@H]1c1ccoc1. The second-order valence-corrected chi connectivity index (χ2v) is 5.86. The smallest absolute Gasteiger partial charge is 0.278 e. The molecule has 0 fully saturated rings. The van der Waals surface area contributed by atoms with Crippen LogP contribution in [0.5, 0.6) is 0 Å². The van der Waals surface area contributed by atoms with Crippen molar-refractivity contribution in [3.8, 4) is 0 Å². The Morgan fingerprint density at radius 2 is 2.29 bits per heavy atom. The summed E-state index contributed by atoms with van der Waals surface area (Å²) in [4.78, 5) is 14.6. The number of rotatable bonds is 4. The first-order valence-electron chi connectivity index (χ1n) is 7.46. The molecule has 0 saturated heterocycles. The molecule has 0 spiro atoms. The third-order valence-corrected chi connectivity index (χ3v) is 3.98. The van der Waals surface area contributed by atoms with E-state index in [9.17, 15) is 4.79 Å². The summed E-state index contributed by atoms with van der Waals surface area (Å²) in [5.74, 6) is 0.183. The Balaban J connectivity index is 1.88. The van der Waals surface area contributed by atoms with E-state index in [1.807, 2.05) is 17.0 Å². The first-order chi connectivity index (χ1) is 10.2. The Bertz CT molecular complexity index is 601. The van der Waals surface area contributed by atoms with E-state index in [2.05, 4.69) is 36.0 Å². The molecule has 1 aliphatic rings. The zero-order valence-electron chi connectivity index (χ0n) is 12.5. The number of hydrogen-bond acceptors (Lipinski definition) is 2. The van der Waals surface area contributed by atoms with Gasteiger partial charge in [0, 0.05) is 30.5 Å². The predicted octanol–water partition coefficient (Wildman–Crippen LogP) is 0.985. The Hall–Kier alpha value is -2.01. The van der Waals surface area contributed by atoms with Crippen LogP contribution in [0.25, 0.3) is 0 Å². The van der Waals surface area contributed by atoms with E-state index in [4.69, 9.17) is 4.42 Å². The summed E-state index contributed by atoms with van der Waals surface area (Å²) in [5, 5.41) is 2.07. The molecule has 2 aromatic rings. The van der Waals surface area contributed by atoms with Crippen LogP contribution in [0.15, 0.2) is 41.3 Å². The maximum atomic E-state index is 12.6. The van der Waals surface area contributed by atoms with Crippen molar-refractivity contribution >= 4 is 5.91 Å². The van der Waals surface area contributed by atoms with Crippen LogP contribution in [0, 0.1) is 0 Å². The molecule has 21 heavy (non-hydrogen) atoms. The molecule has 0 unspecified atom stereocenters. The number of amides is 1. The van der Waals surface area contributed by atoms with Gasteiger partial charge in [0.05, 0.1) is 18.6 Å². The van der Waals surface area contributed by atoms with Crippen molar-refractivity contribution in [1.82, 2.24) is 9.47 Å². The van der Waals surface area contributed by atoms with Gasteiger partial charge in [-0.05, 0) is 32.0 Å². The van der Waals surface area contributed by atoms with Gasteiger partial charge in [-0.1, -0.05) is 0 Å². The van der Waals surface area contributed by atoms with Crippen molar-refractivity contribution in [2.24, 2.45) is 0 Å². The number of quaternary nitrogens is 1. The number of nitrogens with zero attached hydrogens (tertiary/aromatic N) is 2. The quantitative estimate of drug-likeness (QED) is 0.912. The average molecular weight is 288 g/mol. The van der Waals surface area contributed by atoms with Gasteiger partial charge in [0.1, 0.15) is 6.04 Å². The Morgan fingerprint density at radius 3 is 3.00 bits per heavy atom. The molecule has 2 aromatic heterocycles. The van der Waals surface area contributed by atoms with Gasteiger partial charge < -0.3 is 19.2 Å². The second-order valence-electron chi connectivity index (χ2n) is 5.86. The molecule has 5 nitrogen and oxygen atoms in total. The summed E-state index contributed by atoms with van der Waals surface area (Å²) in [7, 11) is 0. The van der Waals surface area contributed by atoms with Gasteiger partial charge in [-0.2, -0.15) is 0 Å². The number of aromatic nitrogens is 1. The van der Waals surface area contributed by atoms with Crippen LogP contribution in [0.1, 0.15) is 31.1 Å². The molecule has 3 heterocycles. The fourth-order valence-electron chi connectivity index (χ4n) is 2.89. The maximum Gasteiger partial charge on any atom is 0.278 e. The van der Waals surface area contributed by atoms with Gasteiger partial charge in [-0.3, -0.25) is 4.79 Å². The minimum Gasteiger partial charge on any atom is -0.472 e. The third-order valence-electron chi connectivity index (χ3n) is 3.98. The van der Waals surface area contributed by atoms with Crippen LogP contribution >= 0.6 is 0 Å². The summed E-state index contributed by atoms with van der Waals surface area (Å²) in [6.45, 7) is 6.28. The highest BCUT2D eigenvalue weighted by Gasteiger charge is 2.33. The standard InChI is InChI=1S/C16H21N3O2/c1-12(2)17-10-15(20)19-8-7-18-6-3-4-14(18)16(19)13-5-9-21-11-13/h3-6,9,11-12,16-17H,7-8,10H2,1-2H3/p+1/t16-/m1/s1. The molecule has 0 aliphatic carbocycles. The van der Waals surface area contributed by atoms with Gasteiger partial charge in [0.25, 0.3) is 5.91 Å². The molecule has 1 amide bonds. The van der Waals surface area contributed by atoms with Crippen molar-refractivity contribution in [2.45, 2.75) is 32.5 Å². The molecular formula is C16H22N3O2+. The van der Waals surface area contributed by atoms with Gasteiger partial charge in [-0.25, -0.2) is 0 Å². The van der Waals surface area contributed by atoms with Gasteiger partial charge in [0.2, 0.25) is 0 Å². The summed E-state index contributed by atoms with van der Waals surface area (Å²) in [5.41, 5.74) is 2.19. The molecule has 3 rings (SSSR count). The normalized spacial score (nSPS) is 18.0. The molecule has 2 N–H and O–H groups in total. The zero-order chi connectivity index (χ0) is 14.8. The van der Waals surface area contributed by atoms with Crippen molar-refractivity contribution in [3.05, 3.63) is 48.2 Å². The molecule has 1 aliphatic heterocycles. The fourth-order valence-corrected chi connectivity index (χ4v) is 2.89.